The van der Waals surface area contributed by atoms with E-state index in [-0.39, 0.29) is 44.3 Å². The standard InChI is InChI=1S/C41H50O16/c1-10-21(3)31(47)53-32-35(7)19-39-37(20-50-29(46)16-25(35)37)38-14-13-34(6,30(51-22(4)42)24-12-15-49-18-24)26(17-28(45)48-9)40(38,57-36(8,55-38)56-39)33(52-27(44)11-2)41(32,39)54-23(5)43/h10,12,15,18,25-26,30,32-33H,11,13-14,16-17,19-20H2,1-9H3/t25-,26+,30-,32-,33-,34+,35+,36+,37-,38-,39+,40+,41-/m0/s1. The van der Waals surface area contributed by atoms with Crippen molar-refractivity contribution in [2.24, 2.45) is 28.1 Å². The molecule has 0 unspecified atom stereocenters. The maximum absolute atomic E-state index is 14.1. The topological polar surface area (TPSA) is 199 Å². The van der Waals surface area contributed by atoms with E-state index >= 15 is 0 Å². The Morgan fingerprint density at radius 3 is 2.28 bits per heavy atom. The number of furan rings is 1. The number of hydrogen-bond acceptors (Lipinski definition) is 16. The average molecular weight is 799 g/mol. The lowest BCUT2D eigenvalue weighted by Crippen LogP contribution is -2.95. The fourth-order valence-electron chi connectivity index (χ4n) is 13.2. The van der Waals surface area contributed by atoms with Gasteiger partial charge >= 0.3 is 35.8 Å². The van der Waals surface area contributed by atoms with Crippen LogP contribution in [0.4, 0.5) is 0 Å². The molecule has 3 saturated heterocycles. The van der Waals surface area contributed by atoms with Crippen molar-refractivity contribution in [1.82, 2.24) is 0 Å². The van der Waals surface area contributed by atoms with Gasteiger partial charge in [0.15, 0.2) is 12.2 Å². The van der Waals surface area contributed by atoms with Gasteiger partial charge in [0.05, 0.1) is 31.5 Å². The van der Waals surface area contributed by atoms with E-state index in [1.165, 1.54) is 33.5 Å². The van der Waals surface area contributed by atoms with Gasteiger partial charge in [0.25, 0.3) is 5.97 Å². The van der Waals surface area contributed by atoms with Gasteiger partial charge in [-0.2, -0.15) is 0 Å². The van der Waals surface area contributed by atoms with Crippen molar-refractivity contribution in [1.29, 1.82) is 0 Å². The molecule has 4 bridgehead atoms. The number of ether oxygens (including phenoxy) is 9. The fourth-order valence-corrected chi connectivity index (χ4v) is 13.2. The van der Waals surface area contributed by atoms with E-state index in [0.717, 1.165) is 0 Å². The number of carbonyl (C=O) groups excluding carboxylic acids is 6. The molecule has 7 fully saturated rings. The number of fused-ring (bicyclic) bond motifs is 3. The zero-order valence-corrected chi connectivity index (χ0v) is 33.7. The molecule has 1 aromatic rings. The van der Waals surface area contributed by atoms with Crippen LogP contribution in [0.2, 0.25) is 0 Å². The second-order valence-corrected chi connectivity index (χ2v) is 17.4. The summed E-state index contributed by atoms with van der Waals surface area (Å²) in [6.45, 7) is 12.3. The molecule has 7 aliphatic rings. The normalized spacial score (nSPS) is 44.9. The molecule has 310 valence electrons. The van der Waals surface area contributed by atoms with Crippen molar-refractivity contribution in [3.63, 3.8) is 0 Å². The summed E-state index contributed by atoms with van der Waals surface area (Å²) in [6.07, 6.45) is -0.130. The molecule has 0 aromatic carbocycles. The quantitative estimate of drug-likeness (QED) is 0.184. The molecule has 4 saturated carbocycles. The number of rotatable bonds is 10. The molecule has 4 aliphatic carbocycles. The second-order valence-electron chi connectivity index (χ2n) is 17.4. The number of allylic oxidation sites excluding steroid dienone is 1. The van der Waals surface area contributed by atoms with Crippen LogP contribution in [0.15, 0.2) is 34.7 Å². The fraction of sp³-hybridized carbons (Fsp3) is 0.707. The largest absolute Gasteiger partial charge is 0.472 e. The van der Waals surface area contributed by atoms with Gasteiger partial charge in [-0.05, 0) is 45.1 Å². The van der Waals surface area contributed by atoms with Crippen LogP contribution in [0.5, 0.6) is 0 Å². The highest BCUT2D eigenvalue weighted by Crippen LogP contribution is 2.90. The van der Waals surface area contributed by atoms with Crippen molar-refractivity contribution >= 4 is 35.8 Å². The minimum atomic E-state index is -2.20. The number of cyclic esters (lactones) is 1. The van der Waals surface area contributed by atoms with Gasteiger partial charge in [-0.25, -0.2) is 4.79 Å². The lowest BCUT2D eigenvalue weighted by atomic mass is 9.33. The third kappa shape index (κ3) is 4.49. The first kappa shape index (κ1) is 39.5. The predicted molar refractivity (Wildman–Crippen MR) is 189 cm³/mol. The molecule has 0 radical (unpaired) electrons. The van der Waals surface area contributed by atoms with Crippen LogP contribution >= 0.6 is 0 Å². The van der Waals surface area contributed by atoms with E-state index in [9.17, 15) is 28.8 Å². The summed E-state index contributed by atoms with van der Waals surface area (Å²) >= 11 is 0. The Labute approximate surface area is 329 Å². The summed E-state index contributed by atoms with van der Waals surface area (Å²) in [5.74, 6) is -7.97. The maximum Gasteiger partial charge on any atom is 0.333 e. The first-order chi connectivity index (χ1) is 26.8. The molecule has 4 heterocycles. The van der Waals surface area contributed by atoms with E-state index in [1.54, 1.807) is 39.8 Å². The first-order valence-corrected chi connectivity index (χ1v) is 19.5. The van der Waals surface area contributed by atoms with Crippen molar-refractivity contribution in [2.75, 3.05) is 13.7 Å². The third-order valence-corrected chi connectivity index (χ3v) is 14.9. The summed E-state index contributed by atoms with van der Waals surface area (Å²) in [6, 6.07) is 1.65. The molecule has 1 aromatic heterocycles. The van der Waals surface area contributed by atoms with Gasteiger partial charge in [0.1, 0.15) is 29.5 Å². The van der Waals surface area contributed by atoms with Crippen LogP contribution in [0.25, 0.3) is 0 Å². The van der Waals surface area contributed by atoms with Crippen molar-refractivity contribution in [3.8, 4) is 0 Å². The molecule has 57 heavy (non-hydrogen) atoms. The molecule has 0 amide bonds. The Balaban J connectivity index is 1.53. The minimum Gasteiger partial charge on any atom is -0.472 e. The number of carbonyl (C=O) groups is 6. The highest BCUT2D eigenvalue weighted by atomic mass is 16.9. The smallest absolute Gasteiger partial charge is 0.333 e. The summed E-state index contributed by atoms with van der Waals surface area (Å²) in [5, 5.41) is 0. The van der Waals surface area contributed by atoms with E-state index in [1.807, 2.05) is 13.8 Å². The maximum atomic E-state index is 14.1. The van der Waals surface area contributed by atoms with Gasteiger partial charge in [-0.15, -0.1) is 0 Å². The predicted octanol–water partition coefficient (Wildman–Crippen LogP) is 4.32. The molecule has 3 aliphatic heterocycles. The number of methoxy groups -OCH3 is 1. The van der Waals surface area contributed by atoms with Gasteiger partial charge in [-0.3, -0.25) is 24.0 Å². The van der Waals surface area contributed by atoms with E-state index in [0.29, 0.717) is 5.56 Å². The summed E-state index contributed by atoms with van der Waals surface area (Å²) in [5.41, 5.74) is -10.8. The van der Waals surface area contributed by atoms with Crippen LogP contribution in [0, 0.1) is 28.1 Å². The Morgan fingerprint density at radius 1 is 0.947 bits per heavy atom. The lowest BCUT2D eigenvalue weighted by molar-refractivity contribution is -0.485. The van der Waals surface area contributed by atoms with Gasteiger partial charge < -0.3 is 47.0 Å². The zero-order chi connectivity index (χ0) is 41.4. The summed E-state index contributed by atoms with van der Waals surface area (Å²) in [4.78, 5) is 82.5. The van der Waals surface area contributed by atoms with Crippen molar-refractivity contribution in [3.05, 3.63) is 35.8 Å². The first-order valence-electron chi connectivity index (χ1n) is 19.5. The molecule has 0 N–H and O–H groups in total. The molecular formula is C41H50O16. The molecule has 3 spiro atoms. The average Bonchev–Trinajstić information content (AvgIpc) is 3.86. The van der Waals surface area contributed by atoms with Gasteiger partial charge in [0, 0.05) is 61.5 Å². The summed E-state index contributed by atoms with van der Waals surface area (Å²) in [7, 11) is 1.23. The Hall–Kier alpha value is -4.28. The molecule has 8 rings (SSSR count). The van der Waals surface area contributed by atoms with E-state index < -0.39 is 117 Å². The molecule has 13 atom stereocenters. The zero-order valence-electron chi connectivity index (χ0n) is 33.7. The van der Waals surface area contributed by atoms with Gasteiger partial charge in [0.2, 0.25) is 5.60 Å². The molecule has 16 nitrogen and oxygen atoms in total. The Kier molecular flexibility index (Phi) is 8.58. The SMILES string of the molecule is CC=C(C)C(=O)O[C@H]1[C@]2(C)C[C@@]34O[C@]5(C)O[C@]6([C@H](CC(=O)OC)[C@](C)([C@@H](OC(C)=O)c7ccoc7)CC[C@]6(O5)[C@@]35COC(=O)C[C@@H]25)[C@H](OC(=O)CC)[C@@]14OC(C)=O. The van der Waals surface area contributed by atoms with Crippen LogP contribution in [-0.4, -0.2) is 90.1 Å². The third-order valence-electron chi connectivity index (χ3n) is 14.9. The molecule has 16 heteroatoms. The van der Waals surface area contributed by atoms with E-state index in [2.05, 4.69) is 0 Å². The van der Waals surface area contributed by atoms with E-state index in [4.69, 9.17) is 47.0 Å². The monoisotopic (exact) mass is 798 g/mol. The van der Waals surface area contributed by atoms with Crippen LogP contribution < -0.4 is 0 Å². The number of esters is 6. The summed E-state index contributed by atoms with van der Waals surface area (Å²) < 4.78 is 64.7. The highest BCUT2D eigenvalue weighted by Gasteiger charge is 3.06. The Morgan fingerprint density at radius 2 is 1.67 bits per heavy atom. The van der Waals surface area contributed by atoms with Crippen molar-refractivity contribution in [2.45, 2.75) is 141 Å². The van der Waals surface area contributed by atoms with Gasteiger partial charge in [-0.1, -0.05) is 26.8 Å². The van der Waals surface area contributed by atoms with Crippen LogP contribution in [0.1, 0.15) is 106 Å². The molecular weight excluding hydrogens is 748 g/mol. The highest BCUT2D eigenvalue weighted by molar-refractivity contribution is 5.88. The number of hydrogen-bond donors (Lipinski definition) is 0. The lowest BCUT2D eigenvalue weighted by Gasteiger charge is -2.77. The second kappa shape index (κ2) is 12.4. The van der Waals surface area contributed by atoms with Crippen molar-refractivity contribution < 1.29 is 75.8 Å². The van der Waals surface area contributed by atoms with Crippen LogP contribution in [-0.2, 0) is 71.4 Å². The van der Waals surface area contributed by atoms with Crippen LogP contribution in [0.3, 0.4) is 0 Å². The Bertz CT molecular complexity index is 1970. The minimum absolute atomic E-state index is 0.0474.